The number of nitrogens with zero attached hydrogens (tertiary/aromatic N) is 2. The van der Waals surface area contributed by atoms with Gasteiger partial charge in [0.1, 0.15) is 0 Å². The highest BCUT2D eigenvalue weighted by Gasteiger charge is 2.48. The highest BCUT2D eigenvalue weighted by Crippen LogP contribution is 2.38. The van der Waals surface area contributed by atoms with Gasteiger partial charge in [0.15, 0.2) is 11.5 Å². The molecule has 3 heterocycles. The summed E-state index contributed by atoms with van der Waals surface area (Å²) in [6.45, 7) is 1.85. The number of carbonyl (C=O) groups excluding carboxylic acids is 4. The molecule has 11 nitrogen and oxygen atoms in total. The zero-order valence-corrected chi connectivity index (χ0v) is 26.9. The van der Waals surface area contributed by atoms with Crippen molar-refractivity contribution in [1.82, 2.24) is 25.4 Å². The van der Waals surface area contributed by atoms with Crippen molar-refractivity contribution in [2.45, 2.75) is 25.7 Å². The zero-order chi connectivity index (χ0) is 32.4. The maximum absolute atomic E-state index is 13.8. The van der Waals surface area contributed by atoms with Crippen molar-refractivity contribution < 1.29 is 28.7 Å². The number of carbonyl (C=O) groups is 4. The number of hydrogen-bond donors (Lipinski definition) is 3. The molecule has 3 N–H and O–H groups in total. The van der Waals surface area contributed by atoms with E-state index in [-0.39, 0.29) is 55.0 Å². The molecule has 0 bridgehead atoms. The van der Waals surface area contributed by atoms with Crippen LogP contribution in [0.25, 0.3) is 10.9 Å². The van der Waals surface area contributed by atoms with Gasteiger partial charge in [-0.1, -0.05) is 30.5 Å². The van der Waals surface area contributed by atoms with Crippen LogP contribution >= 0.6 is 11.6 Å². The number of aromatic nitrogens is 1. The van der Waals surface area contributed by atoms with Crippen LogP contribution in [-0.4, -0.2) is 91.9 Å². The molecule has 4 amide bonds. The summed E-state index contributed by atoms with van der Waals surface area (Å²) in [5.74, 6) is 0.111. The number of methoxy groups -OCH3 is 1. The molecule has 12 heteroatoms. The van der Waals surface area contributed by atoms with Crippen molar-refractivity contribution >= 4 is 46.1 Å². The van der Waals surface area contributed by atoms with E-state index in [0.717, 1.165) is 28.8 Å². The van der Waals surface area contributed by atoms with Gasteiger partial charge >= 0.3 is 0 Å². The van der Waals surface area contributed by atoms with Crippen LogP contribution in [0.1, 0.15) is 35.2 Å². The SMILES string of the molecule is CNC(=O)CNC(=O)C1CN(C(=O)Cc2c[nH]c3cc(Cl)ccc23)CC2CN(C(=O)c3ccc(OCCC4CC4)c(OC)c3)CC21. The lowest BCUT2D eigenvalue weighted by Crippen LogP contribution is -2.54. The summed E-state index contributed by atoms with van der Waals surface area (Å²) >= 11 is 6.13. The second kappa shape index (κ2) is 13.6. The third kappa shape index (κ3) is 6.94. The Morgan fingerprint density at radius 2 is 1.80 bits per heavy atom. The first kappa shape index (κ1) is 31.7. The first-order chi connectivity index (χ1) is 22.2. The molecule has 2 aliphatic heterocycles. The second-order valence-corrected chi connectivity index (χ2v) is 13.0. The van der Waals surface area contributed by atoms with Gasteiger partial charge in [-0.3, -0.25) is 19.2 Å². The summed E-state index contributed by atoms with van der Waals surface area (Å²) < 4.78 is 11.5. The molecule has 3 atom stereocenters. The van der Waals surface area contributed by atoms with Gasteiger partial charge in [0.2, 0.25) is 17.7 Å². The molecule has 1 saturated carbocycles. The third-order valence-corrected chi connectivity index (χ3v) is 9.76. The number of amides is 4. The predicted octanol–water partition coefficient (Wildman–Crippen LogP) is 3.26. The smallest absolute Gasteiger partial charge is 0.254 e. The van der Waals surface area contributed by atoms with E-state index in [9.17, 15) is 19.2 Å². The Morgan fingerprint density at radius 1 is 1.00 bits per heavy atom. The lowest BCUT2D eigenvalue weighted by Gasteiger charge is -2.39. The van der Waals surface area contributed by atoms with Gasteiger partial charge in [-0.2, -0.15) is 0 Å². The summed E-state index contributed by atoms with van der Waals surface area (Å²) in [6, 6.07) is 10.7. The topological polar surface area (TPSA) is 133 Å². The fourth-order valence-corrected chi connectivity index (χ4v) is 6.91. The van der Waals surface area contributed by atoms with Crippen LogP contribution in [0.4, 0.5) is 0 Å². The summed E-state index contributed by atoms with van der Waals surface area (Å²) in [5, 5.41) is 6.76. The second-order valence-electron chi connectivity index (χ2n) is 12.6. The third-order valence-electron chi connectivity index (χ3n) is 9.52. The quantitative estimate of drug-likeness (QED) is 0.292. The first-order valence-corrected chi connectivity index (χ1v) is 16.2. The maximum atomic E-state index is 13.8. The predicted molar refractivity (Wildman–Crippen MR) is 173 cm³/mol. The highest BCUT2D eigenvalue weighted by atomic mass is 35.5. The van der Waals surface area contributed by atoms with E-state index >= 15 is 0 Å². The monoisotopic (exact) mass is 649 g/mol. The molecular weight excluding hydrogens is 610 g/mol. The Labute approximate surface area is 272 Å². The number of nitrogens with one attached hydrogen (secondary N) is 3. The van der Waals surface area contributed by atoms with Crippen LogP contribution in [0.15, 0.2) is 42.6 Å². The summed E-state index contributed by atoms with van der Waals surface area (Å²) in [6.07, 6.45) is 5.49. The molecule has 1 aromatic heterocycles. The largest absolute Gasteiger partial charge is 0.493 e. The first-order valence-electron chi connectivity index (χ1n) is 15.9. The molecule has 6 rings (SSSR count). The molecule has 0 radical (unpaired) electrons. The van der Waals surface area contributed by atoms with E-state index in [4.69, 9.17) is 21.1 Å². The van der Waals surface area contributed by atoms with E-state index in [2.05, 4.69) is 15.6 Å². The molecule has 3 unspecified atom stereocenters. The van der Waals surface area contributed by atoms with Crippen LogP contribution in [0.5, 0.6) is 11.5 Å². The number of H-pyrrole nitrogens is 1. The van der Waals surface area contributed by atoms with Crippen molar-refractivity contribution in [1.29, 1.82) is 0 Å². The molecule has 0 spiro atoms. The Balaban J connectivity index is 1.17. The molecule has 3 aliphatic rings. The minimum Gasteiger partial charge on any atom is -0.493 e. The van der Waals surface area contributed by atoms with E-state index in [1.165, 1.54) is 19.9 Å². The van der Waals surface area contributed by atoms with Crippen LogP contribution in [0.3, 0.4) is 0 Å². The fraction of sp³-hybridized carbons (Fsp3) is 0.471. The van der Waals surface area contributed by atoms with Crippen LogP contribution in [-0.2, 0) is 20.8 Å². The van der Waals surface area contributed by atoms with Crippen molar-refractivity contribution in [3.05, 3.63) is 58.7 Å². The van der Waals surface area contributed by atoms with Crippen LogP contribution in [0.2, 0.25) is 5.02 Å². The van der Waals surface area contributed by atoms with E-state index in [0.29, 0.717) is 48.3 Å². The molecule has 3 aromatic rings. The standard InChI is InChI=1S/C34H40ClN5O6/c1-36-31(41)15-38-33(43)27-19-39(32(42)12-22-14-37-28-13-24(35)6-7-25(22)28)16-23-17-40(18-26(23)27)34(44)21-5-8-29(30(11-21)45-2)46-10-9-20-3-4-20/h5-8,11,13-14,20,23,26-27,37H,3-4,9-10,12,15-19H2,1-2H3,(H,36,41)(H,38,43). The van der Waals surface area contributed by atoms with Gasteiger partial charge in [-0.25, -0.2) is 0 Å². The van der Waals surface area contributed by atoms with Gasteiger partial charge in [-0.15, -0.1) is 0 Å². The van der Waals surface area contributed by atoms with Crippen LogP contribution < -0.4 is 20.1 Å². The van der Waals surface area contributed by atoms with Crippen molar-refractivity contribution in [3.8, 4) is 11.5 Å². The molecule has 46 heavy (non-hydrogen) atoms. The Morgan fingerprint density at radius 3 is 2.57 bits per heavy atom. The number of benzene rings is 2. The maximum Gasteiger partial charge on any atom is 0.254 e. The molecule has 2 saturated heterocycles. The number of hydrogen-bond acceptors (Lipinski definition) is 6. The van der Waals surface area contributed by atoms with Crippen molar-refractivity contribution in [3.63, 3.8) is 0 Å². The van der Waals surface area contributed by atoms with Gasteiger partial charge in [-0.05, 0) is 60.1 Å². The number of fused-ring (bicyclic) bond motifs is 2. The lowest BCUT2D eigenvalue weighted by atomic mass is 9.79. The van der Waals surface area contributed by atoms with E-state index in [1.807, 2.05) is 18.3 Å². The van der Waals surface area contributed by atoms with Crippen molar-refractivity contribution in [2.75, 3.05) is 53.5 Å². The molecule has 244 valence electrons. The molecule has 1 aliphatic carbocycles. The summed E-state index contributed by atoms with van der Waals surface area (Å²) in [5.41, 5.74) is 2.16. The highest BCUT2D eigenvalue weighted by molar-refractivity contribution is 6.31. The van der Waals surface area contributed by atoms with E-state index in [1.54, 1.807) is 41.2 Å². The van der Waals surface area contributed by atoms with Gasteiger partial charge in [0.05, 0.1) is 32.6 Å². The van der Waals surface area contributed by atoms with Gasteiger partial charge in [0.25, 0.3) is 5.91 Å². The average molecular weight is 650 g/mol. The Bertz CT molecular complexity index is 1640. The average Bonchev–Trinajstić information content (AvgIpc) is 3.66. The zero-order valence-electron chi connectivity index (χ0n) is 26.1. The molecular formula is C34H40ClN5O6. The molecule has 3 fully saturated rings. The minimum absolute atomic E-state index is 0.105. The van der Waals surface area contributed by atoms with Gasteiger partial charge in [0, 0.05) is 60.9 Å². The normalized spacial score (nSPS) is 20.7. The molecule has 2 aromatic carbocycles. The number of rotatable bonds is 11. The van der Waals surface area contributed by atoms with E-state index < -0.39 is 5.92 Å². The number of aromatic amines is 1. The summed E-state index contributed by atoms with van der Waals surface area (Å²) in [4.78, 5) is 59.5. The number of likely N-dealkylation sites (tertiary alicyclic amines) is 2. The Hall–Kier alpha value is -4.25. The Kier molecular flexibility index (Phi) is 9.39. The van der Waals surface area contributed by atoms with Crippen LogP contribution in [0, 0.1) is 23.7 Å². The number of halogens is 1. The lowest BCUT2D eigenvalue weighted by molar-refractivity contribution is -0.139. The fourth-order valence-electron chi connectivity index (χ4n) is 6.73. The summed E-state index contributed by atoms with van der Waals surface area (Å²) in [7, 11) is 3.06. The number of piperidine rings is 1. The number of ether oxygens (including phenoxy) is 2. The van der Waals surface area contributed by atoms with Gasteiger partial charge < -0.3 is 34.9 Å². The van der Waals surface area contributed by atoms with Crippen molar-refractivity contribution in [2.24, 2.45) is 23.7 Å². The minimum atomic E-state index is -0.580. The number of likely N-dealkylation sites (N-methyl/N-ethyl adjacent to an activating group) is 1.